The fraction of sp³-hybridized carbons (Fsp3) is 0.235. The number of rotatable bonds is 2. The molecule has 0 bridgehead atoms. The summed E-state index contributed by atoms with van der Waals surface area (Å²) in [6.07, 6.45) is -8.84. The fourth-order valence-corrected chi connectivity index (χ4v) is 2.25. The molecular formula is C17H13Cl2F6NOZr. The van der Waals surface area contributed by atoms with E-state index in [0.29, 0.717) is 17.7 Å². The number of hydrogen-bond acceptors (Lipinski definition) is 2. The van der Waals surface area contributed by atoms with Crippen LogP contribution < -0.4 is 0 Å². The molecule has 0 amide bonds. The van der Waals surface area contributed by atoms with Gasteiger partial charge in [-0.2, -0.15) is 26.3 Å². The van der Waals surface area contributed by atoms with Gasteiger partial charge in [0.05, 0.1) is 16.8 Å². The van der Waals surface area contributed by atoms with Crippen molar-refractivity contribution < 1.29 is 52.3 Å². The number of alkyl halides is 6. The van der Waals surface area contributed by atoms with Crippen molar-refractivity contribution in [3.63, 3.8) is 0 Å². The summed E-state index contributed by atoms with van der Waals surface area (Å²) in [6, 6.07) is 4.27. The molecule has 0 radical (unpaired) electrons. The summed E-state index contributed by atoms with van der Waals surface area (Å²) in [7, 11) is 9.87. The van der Waals surface area contributed by atoms with Gasteiger partial charge in [-0.3, -0.25) is 4.99 Å². The second kappa shape index (κ2) is 10.1. The quantitative estimate of drug-likeness (QED) is 0.329. The standard InChI is InChI=1S/C17H13F6NO.2ClH.Zr/c1-9-3-10(2)15(25)11(4-9)8-24-14-6-12(16(18,19)20)5-13(7-14)17(21,22)23;;;/h3-8,25H,1-2H3;2*1H;/q;;;+2/p-2. The van der Waals surface area contributed by atoms with Crippen molar-refractivity contribution in [3.05, 3.63) is 58.1 Å². The molecule has 2 nitrogen and oxygen atoms in total. The van der Waals surface area contributed by atoms with Crippen LogP contribution in [0.3, 0.4) is 0 Å². The van der Waals surface area contributed by atoms with E-state index in [1.165, 1.54) is 6.07 Å². The summed E-state index contributed by atoms with van der Waals surface area (Å²) in [4.78, 5) is 3.68. The second-order valence-corrected chi connectivity index (χ2v) is 9.35. The van der Waals surface area contributed by atoms with Gasteiger partial charge in [0.15, 0.2) is 0 Å². The van der Waals surface area contributed by atoms with Gasteiger partial charge in [0.2, 0.25) is 0 Å². The molecule has 2 aromatic carbocycles. The summed E-state index contributed by atoms with van der Waals surface area (Å²) in [5, 5.41) is 9.92. The van der Waals surface area contributed by atoms with Gasteiger partial charge in [-0.15, -0.1) is 0 Å². The van der Waals surface area contributed by atoms with Crippen LogP contribution in [0.2, 0.25) is 0 Å². The average molecular weight is 523 g/mol. The summed E-state index contributed by atoms with van der Waals surface area (Å²) in [5.74, 6) is -0.141. The molecule has 0 aliphatic rings. The molecule has 2 aromatic rings. The first-order chi connectivity index (χ1) is 12.8. The molecule has 0 saturated carbocycles. The van der Waals surface area contributed by atoms with E-state index < -0.39 is 50.0 Å². The predicted molar refractivity (Wildman–Crippen MR) is 93.0 cm³/mol. The molecule has 0 aromatic heterocycles. The summed E-state index contributed by atoms with van der Waals surface area (Å²) < 4.78 is 76.9. The van der Waals surface area contributed by atoms with E-state index in [0.717, 1.165) is 11.8 Å². The van der Waals surface area contributed by atoms with Crippen molar-refractivity contribution in [2.75, 3.05) is 0 Å². The molecular weight excluding hydrogens is 510 g/mol. The van der Waals surface area contributed by atoms with Crippen molar-refractivity contribution in [2.24, 2.45) is 4.99 Å². The van der Waals surface area contributed by atoms with E-state index in [1.54, 1.807) is 19.9 Å². The van der Waals surface area contributed by atoms with Crippen molar-refractivity contribution in [1.29, 1.82) is 0 Å². The number of aryl methyl sites for hydroxylation is 2. The molecule has 11 heteroatoms. The van der Waals surface area contributed by atoms with Crippen LogP contribution in [0.25, 0.3) is 0 Å². The Morgan fingerprint density at radius 2 is 1.36 bits per heavy atom. The molecule has 2 rings (SSSR count). The zero-order valence-electron chi connectivity index (χ0n) is 14.4. The van der Waals surface area contributed by atoms with Crippen LogP contribution in [0, 0.1) is 13.8 Å². The maximum absolute atomic E-state index is 12.8. The van der Waals surface area contributed by atoms with Crippen LogP contribution in [-0.2, 0) is 33.2 Å². The summed E-state index contributed by atoms with van der Waals surface area (Å²) in [6.45, 7) is 3.35. The van der Waals surface area contributed by atoms with E-state index in [2.05, 4.69) is 4.99 Å². The molecule has 1 N–H and O–H groups in total. The van der Waals surface area contributed by atoms with Gasteiger partial charge in [0.25, 0.3) is 0 Å². The summed E-state index contributed by atoms with van der Waals surface area (Å²) in [5.41, 5.74) is -1.93. The Kier molecular flexibility index (Phi) is 9.04. The topological polar surface area (TPSA) is 32.6 Å². The average Bonchev–Trinajstić information content (AvgIpc) is 2.55. The SMILES string of the molecule is Cc1cc(C)c(O)c(C=Nc2cc(C(F)(F)F)cc(C(F)(F)F)c2)c1.[Cl][Zr][Cl]. The first-order valence-corrected chi connectivity index (χ1v) is 13.7. The molecule has 0 heterocycles. The third-order valence-electron chi connectivity index (χ3n) is 3.40. The van der Waals surface area contributed by atoms with Crippen LogP contribution in [-0.4, -0.2) is 11.3 Å². The Bertz CT molecular complexity index is 821. The monoisotopic (exact) mass is 521 g/mol. The van der Waals surface area contributed by atoms with Crippen LogP contribution in [0.5, 0.6) is 5.75 Å². The van der Waals surface area contributed by atoms with Gasteiger partial charge in [-0.05, 0) is 49.2 Å². The fourth-order valence-electron chi connectivity index (χ4n) is 2.25. The Labute approximate surface area is 175 Å². The van der Waals surface area contributed by atoms with E-state index in [4.69, 9.17) is 17.0 Å². The predicted octanol–water partition coefficient (Wildman–Crippen LogP) is 7.17. The first kappa shape index (κ1) is 25.0. The number of aliphatic imine (C=N–C) groups is 1. The zero-order valence-corrected chi connectivity index (χ0v) is 18.4. The number of aromatic hydroxyl groups is 1. The summed E-state index contributed by atoms with van der Waals surface area (Å²) >= 11 is -0.826. The number of halogens is 8. The number of phenolic OH excluding ortho intramolecular Hbond substituents is 1. The number of nitrogens with zero attached hydrogens (tertiary/aromatic N) is 1. The number of phenols is 1. The third-order valence-corrected chi connectivity index (χ3v) is 3.40. The minimum absolute atomic E-state index is 0.0350. The molecule has 0 fully saturated rings. The van der Waals surface area contributed by atoms with E-state index >= 15 is 0 Å². The Morgan fingerprint density at radius 1 is 0.893 bits per heavy atom. The molecule has 0 spiro atoms. The van der Waals surface area contributed by atoms with Crippen molar-refractivity contribution in [2.45, 2.75) is 26.2 Å². The first-order valence-electron chi connectivity index (χ1n) is 7.39. The van der Waals surface area contributed by atoms with Gasteiger partial charge in [-0.1, -0.05) is 6.07 Å². The van der Waals surface area contributed by atoms with Gasteiger partial charge in [0.1, 0.15) is 5.75 Å². The molecule has 28 heavy (non-hydrogen) atoms. The Hall–Kier alpha value is -1.05. The molecule has 0 unspecified atom stereocenters. The molecule has 0 aliphatic heterocycles. The van der Waals surface area contributed by atoms with Crippen LogP contribution in [0.4, 0.5) is 32.0 Å². The van der Waals surface area contributed by atoms with Gasteiger partial charge < -0.3 is 5.11 Å². The van der Waals surface area contributed by atoms with Crippen LogP contribution >= 0.6 is 17.0 Å². The third kappa shape index (κ3) is 7.41. The maximum atomic E-state index is 12.8. The molecule has 152 valence electrons. The van der Waals surface area contributed by atoms with Crippen molar-refractivity contribution in [1.82, 2.24) is 0 Å². The molecule has 0 aliphatic carbocycles. The number of benzene rings is 2. The molecule has 0 saturated heterocycles. The van der Waals surface area contributed by atoms with E-state index in [1.807, 2.05) is 0 Å². The van der Waals surface area contributed by atoms with Crippen LogP contribution in [0.15, 0.2) is 35.3 Å². The minimum atomic E-state index is -4.94. The zero-order chi connectivity index (χ0) is 21.7. The van der Waals surface area contributed by atoms with Gasteiger partial charge >= 0.3 is 50.2 Å². The van der Waals surface area contributed by atoms with Gasteiger partial charge in [-0.25, -0.2) is 0 Å². The van der Waals surface area contributed by atoms with E-state index in [-0.39, 0.29) is 17.4 Å². The second-order valence-electron chi connectivity index (χ2n) is 5.61. The Balaban J connectivity index is 0.00000122. The number of hydrogen-bond donors (Lipinski definition) is 1. The normalized spacial score (nSPS) is 11.9. The van der Waals surface area contributed by atoms with Crippen LogP contribution in [0.1, 0.15) is 27.8 Å². The van der Waals surface area contributed by atoms with Crippen molar-refractivity contribution >= 4 is 28.9 Å². The molecule has 0 atom stereocenters. The Morgan fingerprint density at radius 3 is 1.79 bits per heavy atom. The van der Waals surface area contributed by atoms with Crippen molar-refractivity contribution in [3.8, 4) is 5.75 Å². The van der Waals surface area contributed by atoms with Gasteiger partial charge in [0, 0.05) is 11.8 Å². The van der Waals surface area contributed by atoms with E-state index in [9.17, 15) is 31.4 Å².